The van der Waals surface area contributed by atoms with Crippen molar-refractivity contribution in [3.8, 4) is 22.8 Å². The molecular formula is C23H22N4O5. The SMILES string of the molecule is CCOc1ccc(NC(=O)Cn2nc(-c3cccc(OC)c3)c3c(C)onc3c2=O)cc1. The number of anilines is 1. The van der Waals surface area contributed by atoms with Gasteiger partial charge in [-0.3, -0.25) is 9.59 Å². The molecule has 1 amide bonds. The van der Waals surface area contributed by atoms with Gasteiger partial charge in [0.05, 0.1) is 19.1 Å². The van der Waals surface area contributed by atoms with Gasteiger partial charge in [0.15, 0.2) is 5.52 Å². The maximum absolute atomic E-state index is 12.9. The van der Waals surface area contributed by atoms with Crippen molar-refractivity contribution in [2.75, 3.05) is 19.0 Å². The second-order valence-corrected chi connectivity index (χ2v) is 7.01. The minimum atomic E-state index is -0.509. The highest BCUT2D eigenvalue weighted by molar-refractivity contribution is 5.94. The summed E-state index contributed by atoms with van der Waals surface area (Å²) in [5, 5.41) is 11.6. The zero-order valence-electron chi connectivity index (χ0n) is 17.9. The molecule has 4 rings (SSSR count). The zero-order valence-corrected chi connectivity index (χ0v) is 17.9. The largest absolute Gasteiger partial charge is 0.497 e. The number of rotatable bonds is 7. The van der Waals surface area contributed by atoms with Crippen LogP contribution in [0.25, 0.3) is 22.2 Å². The van der Waals surface area contributed by atoms with Gasteiger partial charge in [-0.1, -0.05) is 17.3 Å². The van der Waals surface area contributed by atoms with Gasteiger partial charge in [0.1, 0.15) is 29.5 Å². The number of carbonyl (C=O) groups excluding carboxylic acids is 1. The Bertz CT molecular complexity index is 1320. The van der Waals surface area contributed by atoms with Gasteiger partial charge in [-0.15, -0.1) is 0 Å². The van der Waals surface area contributed by atoms with Crippen LogP contribution in [-0.4, -0.2) is 34.6 Å². The fourth-order valence-electron chi connectivity index (χ4n) is 3.35. The average Bonchev–Trinajstić information content (AvgIpc) is 3.19. The Kier molecular flexibility index (Phi) is 5.89. The first-order valence-corrected chi connectivity index (χ1v) is 10.0. The van der Waals surface area contributed by atoms with Crippen LogP contribution in [0.15, 0.2) is 57.8 Å². The number of nitrogens with zero attached hydrogens (tertiary/aromatic N) is 3. The van der Waals surface area contributed by atoms with Crippen LogP contribution in [-0.2, 0) is 11.3 Å². The lowest BCUT2D eigenvalue weighted by Crippen LogP contribution is -2.30. The molecule has 0 aliphatic rings. The van der Waals surface area contributed by atoms with Crippen molar-refractivity contribution in [1.29, 1.82) is 0 Å². The molecule has 0 atom stereocenters. The van der Waals surface area contributed by atoms with E-state index in [0.29, 0.717) is 46.2 Å². The summed E-state index contributed by atoms with van der Waals surface area (Å²) in [5.74, 6) is 1.41. The number of methoxy groups -OCH3 is 1. The summed E-state index contributed by atoms with van der Waals surface area (Å²) in [7, 11) is 1.57. The van der Waals surface area contributed by atoms with E-state index in [1.54, 1.807) is 44.4 Å². The summed E-state index contributed by atoms with van der Waals surface area (Å²) in [6.45, 7) is 3.88. The first kappa shape index (κ1) is 21.1. The van der Waals surface area contributed by atoms with Crippen molar-refractivity contribution in [2.24, 2.45) is 0 Å². The number of aryl methyl sites for hydroxylation is 1. The lowest BCUT2D eigenvalue weighted by molar-refractivity contribution is -0.117. The standard InChI is InChI=1S/C23H22N4O5/c1-4-31-17-10-8-16(9-11-17)24-19(28)13-27-23(29)22-20(14(2)32-26-22)21(25-27)15-6-5-7-18(12-15)30-3/h5-12H,4,13H2,1-3H3,(H,24,28). The highest BCUT2D eigenvalue weighted by Crippen LogP contribution is 2.29. The molecule has 0 saturated heterocycles. The number of fused-ring (bicyclic) bond motifs is 1. The normalized spacial score (nSPS) is 10.8. The van der Waals surface area contributed by atoms with Gasteiger partial charge < -0.3 is 19.3 Å². The van der Waals surface area contributed by atoms with Crippen LogP contribution in [0.5, 0.6) is 11.5 Å². The van der Waals surface area contributed by atoms with Crippen molar-refractivity contribution in [3.63, 3.8) is 0 Å². The van der Waals surface area contributed by atoms with Crippen molar-refractivity contribution in [2.45, 2.75) is 20.4 Å². The van der Waals surface area contributed by atoms with Crippen molar-refractivity contribution < 1.29 is 18.8 Å². The molecule has 0 saturated carbocycles. The molecule has 164 valence electrons. The molecule has 2 aromatic heterocycles. The molecular weight excluding hydrogens is 412 g/mol. The van der Waals surface area contributed by atoms with Gasteiger partial charge in [0.2, 0.25) is 5.91 Å². The third kappa shape index (κ3) is 4.18. The number of amides is 1. The van der Waals surface area contributed by atoms with Gasteiger partial charge in [0, 0.05) is 11.3 Å². The number of aromatic nitrogens is 3. The van der Waals surface area contributed by atoms with Gasteiger partial charge in [0.25, 0.3) is 5.56 Å². The second kappa shape index (κ2) is 8.93. The Hall–Kier alpha value is -4.14. The predicted molar refractivity (Wildman–Crippen MR) is 119 cm³/mol. The van der Waals surface area contributed by atoms with E-state index >= 15 is 0 Å². The molecule has 9 heteroatoms. The van der Waals surface area contributed by atoms with E-state index in [2.05, 4.69) is 15.6 Å². The number of carbonyl (C=O) groups is 1. The van der Waals surface area contributed by atoms with Gasteiger partial charge in [-0.05, 0) is 50.2 Å². The molecule has 4 aromatic rings. The minimum absolute atomic E-state index is 0.115. The van der Waals surface area contributed by atoms with Crippen LogP contribution in [0.3, 0.4) is 0 Å². The van der Waals surface area contributed by atoms with Gasteiger partial charge >= 0.3 is 0 Å². The fraction of sp³-hybridized carbons (Fsp3) is 0.217. The summed E-state index contributed by atoms with van der Waals surface area (Å²) >= 11 is 0. The first-order chi connectivity index (χ1) is 15.5. The Morgan fingerprint density at radius 2 is 1.94 bits per heavy atom. The minimum Gasteiger partial charge on any atom is -0.497 e. The van der Waals surface area contributed by atoms with E-state index in [1.807, 2.05) is 25.1 Å². The third-order valence-electron chi connectivity index (χ3n) is 4.84. The van der Waals surface area contributed by atoms with Gasteiger partial charge in [-0.25, -0.2) is 4.68 Å². The van der Waals surface area contributed by atoms with E-state index < -0.39 is 11.5 Å². The highest BCUT2D eigenvalue weighted by Gasteiger charge is 2.20. The molecule has 0 radical (unpaired) electrons. The third-order valence-corrected chi connectivity index (χ3v) is 4.84. The smallest absolute Gasteiger partial charge is 0.297 e. The van der Waals surface area contributed by atoms with Crippen LogP contribution in [0.2, 0.25) is 0 Å². The zero-order chi connectivity index (χ0) is 22.7. The molecule has 0 aliphatic carbocycles. The van der Waals surface area contributed by atoms with Crippen LogP contribution in [0.4, 0.5) is 5.69 Å². The number of benzene rings is 2. The number of hydrogen-bond donors (Lipinski definition) is 1. The summed E-state index contributed by atoms with van der Waals surface area (Å²) in [6.07, 6.45) is 0. The molecule has 2 heterocycles. The molecule has 0 fully saturated rings. The molecule has 0 unspecified atom stereocenters. The Balaban J connectivity index is 1.67. The van der Waals surface area contributed by atoms with Crippen molar-refractivity contribution in [3.05, 3.63) is 64.6 Å². The van der Waals surface area contributed by atoms with Crippen LogP contribution in [0.1, 0.15) is 12.7 Å². The summed E-state index contributed by atoms with van der Waals surface area (Å²) in [4.78, 5) is 25.5. The summed E-state index contributed by atoms with van der Waals surface area (Å²) in [5.41, 5.74) is 1.37. The molecule has 0 spiro atoms. The predicted octanol–water partition coefficient (Wildman–Crippen LogP) is 3.41. The van der Waals surface area contributed by atoms with E-state index in [9.17, 15) is 9.59 Å². The van der Waals surface area contributed by atoms with Crippen LogP contribution < -0.4 is 20.3 Å². The Labute approximate surface area is 183 Å². The van der Waals surface area contributed by atoms with E-state index in [0.717, 1.165) is 4.68 Å². The Morgan fingerprint density at radius 3 is 2.66 bits per heavy atom. The lowest BCUT2D eigenvalue weighted by Gasteiger charge is -2.10. The molecule has 0 bridgehead atoms. The van der Waals surface area contributed by atoms with Crippen LogP contribution >= 0.6 is 0 Å². The molecule has 2 aromatic carbocycles. The van der Waals surface area contributed by atoms with Crippen molar-refractivity contribution >= 4 is 22.5 Å². The Morgan fingerprint density at radius 1 is 1.16 bits per heavy atom. The van der Waals surface area contributed by atoms with Crippen LogP contribution in [0, 0.1) is 6.92 Å². The summed E-state index contributed by atoms with van der Waals surface area (Å²) in [6, 6.07) is 14.2. The molecule has 32 heavy (non-hydrogen) atoms. The molecule has 1 N–H and O–H groups in total. The number of ether oxygens (including phenoxy) is 2. The van der Waals surface area contributed by atoms with Gasteiger partial charge in [-0.2, -0.15) is 5.10 Å². The maximum Gasteiger partial charge on any atom is 0.297 e. The van der Waals surface area contributed by atoms with E-state index in [1.165, 1.54) is 0 Å². The highest BCUT2D eigenvalue weighted by atomic mass is 16.5. The monoisotopic (exact) mass is 434 g/mol. The number of nitrogens with one attached hydrogen (secondary N) is 1. The quantitative estimate of drug-likeness (QED) is 0.475. The average molecular weight is 434 g/mol. The topological polar surface area (TPSA) is 108 Å². The lowest BCUT2D eigenvalue weighted by atomic mass is 10.1. The fourth-order valence-corrected chi connectivity index (χ4v) is 3.35. The summed E-state index contributed by atoms with van der Waals surface area (Å²) < 4.78 is 17.0. The van der Waals surface area contributed by atoms with E-state index in [-0.39, 0.29) is 12.1 Å². The molecule has 0 aliphatic heterocycles. The first-order valence-electron chi connectivity index (χ1n) is 10.0. The van der Waals surface area contributed by atoms with E-state index in [4.69, 9.17) is 14.0 Å². The van der Waals surface area contributed by atoms with Crippen molar-refractivity contribution in [1.82, 2.24) is 14.9 Å². The second-order valence-electron chi connectivity index (χ2n) is 7.01. The maximum atomic E-state index is 12.9. The molecule has 9 nitrogen and oxygen atoms in total. The number of hydrogen-bond acceptors (Lipinski definition) is 7.